The molecule has 0 aromatic heterocycles. The second-order valence-corrected chi connectivity index (χ2v) is 5.86. The Balaban J connectivity index is 1.78. The van der Waals surface area contributed by atoms with Gasteiger partial charge in [0.2, 0.25) is 0 Å². The Bertz CT molecular complexity index is 816. The molecule has 0 aliphatic heterocycles. The van der Waals surface area contributed by atoms with Crippen LogP contribution in [-0.2, 0) is 0 Å². The Labute approximate surface area is 149 Å². The summed E-state index contributed by atoms with van der Waals surface area (Å²) in [4.78, 5) is 0. The van der Waals surface area contributed by atoms with E-state index in [1.807, 2.05) is 18.2 Å². The molecule has 4 nitrogen and oxygen atoms in total. The topological polar surface area (TPSA) is 70.5 Å². The number of rotatable bonds is 4. The van der Waals surface area contributed by atoms with Crippen molar-refractivity contribution in [1.82, 2.24) is 0 Å². The van der Waals surface area contributed by atoms with Crippen LogP contribution >= 0.6 is 23.2 Å². The largest absolute Gasteiger partial charge is 0.457 e. The third kappa shape index (κ3) is 3.85. The van der Waals surface area contributed by atoms with Gasteiger partial charge in [-0.3, -0.25) is 0 Å². The molecule has 0 saturated carbocycles. The third-order valence-electron chi connectivity index (χ3n) is 3.21. The fourth-order valence-corrected chi connectivity index (χ4v) is 2.28. The highest BCUT2D eigenvalue weighted by molar-refractivity contribution is 6.33. The van der Waals surface area contributed by atoms with Gasteiger partial charge in [0.15, 0.2) is 0 Å². The van der Waals surface area contributed by atoms with Crippen molar-refractivity contribution in [2.24, 2.45) is 0 Å². The van der Waals surface area contributed by atoms with Crippen LogP contribution in [0.3, 0.4) is 0 Å². The Morgan fingerprint density at radius 1 is 0.583 bits per heavy atom. The average molecular weight is 361 g/mol. The first-order valence-corrected chi connectivity index (χ1v) is 7.83. The summed E-state index contributed by atoms with van der Waals surface area (Å²) in [5, 5.41) is 0.972. The minimum atomic E-state index is 0.457. The first-order valence-electron chi connectivity index (χ1n) is 7.07. The second kappa shape index (κ2) is 6.91. The Morgan fingerprint density at radius 2 is 1.00 bits per heavy atom. The van der Waals surface area contributed by atoms with Crippen molar-refractivity contribution in [2.45, 2.75) is 0 Å². The molecule has 0 aliphatic rings. The van der Waals surface area contributed by atoms with E-state index in [2.05, 4.69) is 0 Å². The summed E-state index contributed by atoms with van der Waals surface area (Å²) < 4.78 is 11.5. The van der Waals surface area contributed by atoms with Gasteiger partial charge in [-0.2, -0.15) is 0 Å². The van der Waals surface area contributed by atoms with E-state index < -0.39 is 0 Å². The zero-order valence-corrected chi connectivity index (χ0v) is 14.0. The fraction of sp³-hybridized carbons (Fsp3) is 0. The first-order chi connectivity index (χ1) is 11.5. The predicted molar refractivity (Wildman–Crippen MR) is 98.3 cm³/mol. The molecule has 3 aromatic carbocycles. The minimum absolute atomic E-state index is 0.457. The maximum absolute atomic E-state index is 5.90. The number of nitrogens with two attached hydrogens (primary N) is 2. The molecule has 6 heteroatoms. The van der Waals surface area contributed by atoms with Gasteiger partial charge >= 0.3 is 0 Å². The SMILES string of the molecule is Nc1cc(Oc2cccc(Oc3ccc(Cl)c(N)c3)c2)ccc1Cl. The van der Waals surface area contributed by atoms with Crippen LogP contribution in [0.4, 0.5) is 11.4 Å². The summed E-state index contributed by atoms with van der Waals surface area (Å²) >= 11 is 11.8. The summed E-state index contributed by atoms with van der Waals surface area (Å²) in [5.41, 5.74) is 12.5. The molecule has 3 rings (SSSR count). The highest BCUT2D eigenvalue weighted by atomic mass is 35.5. The van der Waals surface area contributed by atoms with E-state index in [1.54, 1.807) is 42.5 Å². The molecule has 4 N–H and O–H groups in total. The predicted octanol–water partition coefficient (Wildman–Crippen LogP) is 5.74. The molecule has 0 unspecified atom stereocenters. The number of ether oxygens (including phenoxy) is 2. The van der Waals surface area contributed by atoms with Gasteiger partial charge in [0.25, 0.3) is 0 Å². The lowest BCUT2D eigenvalue weighted by atomic mass is 10.3. The molecular formula is C18H14Cl2N2O2. The molecule has 3 aromatic rings. The number of anilines is 2. The standard InChI is InChI=1S/C18H14Cl2N2O2/c19-15-6-4-13(9-17(15)21)23-11-2-1-3-12(8-11)24-14-5-7-16(20)18(22)10-14/h1-10H,21-22H2. The Kier molecular flexibility index (Phi) is 4.69. The van der Waals surface area contributed by atoms with E-state index in [4.69, 9.17) is 44.1 Å². The van der Waals surface area contributed by atoms with Gasteiger partial charge in [-0.05, 0) is 36.4 Å². The molecule has 0 atom stereocenters. The van der Waals surface area contributed by atoms with Crippen LogP contribution in [0.1, 0.15) is 0 Å². The van der Waals surface area contributed by atoms with Gasteiger partial charge in [0.1, 0.15) is 23.0 Å². The van der Waals surface area contributed by atoms with E-state index in [0.29, 0.717) is 44.4 Å². The van der Waals surface area contributed by atoms with Crippen molar-refractivity contribution in [3.8, 4) is 23.0 Å². The number of nitrogen functional groups attached to an aromatic ring is 2. The first kappa shape index (κ1) is 16.3. The quantitative estimate of drug-likeness (QED) is 0.581. The van der Waals surface area contributed by atoms with Crippen LogP contribution in [0.5, 0.6) is 23.0 Å². The van der Waals surface area contributed by atoms with Crippen LogP contribution < -0.4 is 20.9 Å². The summed E-state index contributed by atoms with van der Waals surface area (Å²) in [5.74, 6) is 2.39. The van der Waals surface area contributed by atoms with Crippen molar-refractivity contribution in [1.29, 1.82) is 0 Å². The average Bonchev–Trinajstić information content (AvgIpc) is 2.55. The Morgan fingerprint density at radius 3 is 1.42 bits per heavy atom. The van der Waals surface area contributed by atoms with Crippen molar-refractivity contribution >= 4 is 34.6 Å². The zero-order chi connectivity index (χ0) is 17.1. The molecule has 0 amide bonds. The van der Waals surface area contributed by atoms with Crippen LogP contribution in [0.2, 0.25) is 10.0 Å². The van der Waals surface area contributed by atoms with Crippen LogP contribution in [-0.4, -0.2) is 0 Å². The zero-order valence-electron chi connectivity index (χ0n) is 12.5. The highest BCUT2D eigenvalue weighted by Gasteiger charge is 2.05. The summed E-state index contributed by atoms with van der Waals surface area (Å²) in [6.45, 7) is 0. The third-order valence-corrected chi connectivity index (χ3v) is 3.90. The lowest BCUT2D eigenvalue weighted by Gasteiger charge is -2.10. The smallest absolute Gasteiger partial charge is 0.131 e. The number of benzene rings is 3. The molecule has 0 aliphatic carbocycles. The molecule has 24 heavy (non-hydrogen) atoms. The second-order valence-electron chi connectivity index (χ2n) is 5.05. The maximum atomic E-state index is 5.90. The van der Waals surface area contributed by atoms with Gasteiger partial charge in [-0.15, -0.1) is 0 Å². The summed E-state index contributed by atoms with van der Waals surface area (Å²) in [7, 11) is 0. The van der Waals surface area contributed by atoms with Crippen molar-refractivity contribution in [3.63, 3.8) is 0 Å². The lowest BCUT2D eigenvalue weighted by Crippen LogP contribution is -1.91. The lowest BCUT2D eigenvalue weighted by molar-refractivity contribution is 0.460. The highest BCUT2D eigenvalue weighted by Crippen LogP contribution is 2.32. The molecule has 0 heterocycles. The molecule has 122 valence electrons. The molecule has 0 bridgehead atoms. The summed E-state index contributed by atoms with van der Waals surface area (Å²) in [6.07, 6.45) is 0. The molecule has 0 saturated heterocycles. The summed E-state index contributed by atoms with van der Waals surface area (Å²) in [6, 6.07) is 17.4. The minimum Gasteiger partial charge on any atom is -0.457 e. The maximum Gasteiger partial charge on any atom is 0.131 e. The number of hydrogen-bond donors (Lipinski definition) is 2. The van der Waals surface area contributed by atoms with E-state index in [0.717, 1.165) is 0 Å². The van der Waals surface area contributed by atoms with E-state index in [-0.39, 0.29) is 0 Å². The van der Waals surface area contributed by atoms with Gasteiger partial charge < -0.3 is 20.9 Å². The van der Waals surface area contributed by atoms with Crippen molar-refractivity contribution in [3.05, 3.63) is 70.7 Å². The van der Waals surface area contributed by atoms with Gasteiger partial charge in [-0.25, -0.2) is 0 Å². The molecule has 0 radical (unpaired) electrons. The molecule has 0 fully saturated rings. The van der Waals surface area contributed by atoms with E-state index in [9.17, 15) is 0 Å². The fourth-order valence-electron chi connectivity index (χ4n) is 2.04. The van der Waals surface area contributed by atoms with Gasteiger partial charge in [0, 0.05) is 18.2 Å². The molecule has 0 spiro atoms. The number of halogens is 2. The van der Waals surface area contributed by atoms with Crippen LogP contribution in [0, 0.1) is 0 Å². The monoisotopic (exact) mass is 360 g/mol. The van der Waals surface area contributed by atoms with Gasteiger partial charge in [0.05, 0.1) is 21.4 Å². The van der Waals surface area contributed by atoms with Crippen LogP contribution in [0.15, 0.2) is 60.7 Å². The Hall–Kier alpha value is -2.56. The van der Waals surface area contributed by atoms with E-state index in [1.165, 1.54) is 0 Å². The number of hydrogen-bond acceptors (Lipinski definition) is 4. The molecular weight excluding hydrogens is 347 g/mol. The van der Waals surface area contributed by atoms with Crippen molar-refractivity contribution in [2.75, 3.05) is 11.5 Å². The van der Waals surface area contributed by atoms with E-state index >= 15 is 0 Å². The normalized spacial score (nSPS) is 10.4. The van der Waals surface area contributed by atoms with Crippen molar-refractivity contribution < 1.29 is 9.47 Å². The van der Waals surface area contributed by atoms with Crippen LogP contribution in [0.25, 0.3) is 0 Å². The van der Waals surface area contributed by atoms with Gasteiger partial charge in [-0.1, -0.05) is 29.3 Å².